The van der Waals surface area contributed by atoms with Crippen LogP contribution in [0.2, 0.25) is 0 Å². The molecular weight excluding hydrogens is 345 g/mol. The van der Waals surface area contributed by atoms with Crippen molar-refractivity contribution < 1.29 is 22.8 Å². The van der Waals surface area contributed by atoms with Gasteiger partial charge in [0.15, 0.2) is 17.5 Å². The standard InChI is InChI=1S/C19H25F3N2O2/c1-3-4-11-24(2)19(26)13-7-5-12(6-8-13)18(25)23-15-10-9-14(20)16(21)17(15)22/h9-10,12-13H,3-8,11H2,1-2H3,(H,23,25). The molecule has 1 N–H and O–H groups in total. The Morgan fingerprint density at radius 2 is 1.69 bits per heavy atom. The zero-order valence-electron chi connectivity index (χ0n) is 15.2. The van der Waals surface area contributed by atoms with Gasteiger partial charge in [-0.25, -0.2) is 13.2 Å². The van der Waals surface area contributed by atoms with Gasteiger partial charge >= 0.3 is 0 Å². The summed E-state index contributed by atoms with van der Waals surface area (Å²) < 4.78 is 39.9. The predicted octanol–water partition coefficient (Wildman–Crippen LogP) is 4.11. The average Bonchev–Trinajstić information content (AvgIpc) is 2.66. The molecule has 0 atom stereocenters. The Morgan fingerprint density at radius 3 is 2.31 bits per heavy atom. The maximum Gasteiger partial charge on any atom is 0.227 e. The van der Waals surface area contributed by atoms with E-state index in [1.54, 1.807) is 11.9 Å². The second-order valence-electron chi connectivity index (χ2n) is 6.87. The number of hydrogen-bond acceptors (Lipinski definition) is 2. The molecule has 26 heavy (non-hydrogen) atoms. The smallest absolute Gasteiger partial charge is 0.227 e. The molecule has 0 aliphatic heterocycles. The fraction of sp³-hybridized carbons (Fsp3) is 0.579. The van der Waals surface area contributed by atoms with Crippen LogP contribution in [0.1, 0.15) is 45.4 Å². The Bertz CT molecular complexity index is 658. The van der Waals surface area contributed by atoms with Crippen molar-refractivity contribution in [2.75, 3.05) is 18.9 Å². The lowest BCUT2D eigenvalue weighted by molar-refractivity contribution is -0.136. The van der Waals surface area contributed by atoms with E-state index in [0.717, 1.165) is 31.5 Å². The number of unbranched alkanes of at least 4 members (excludes halogenated alkanes) is 1. The molecule has 0 bridgehead atoms. The molecule has 1 fully saturated rings. The van der Waals surface area contributed by atoms with Crippen LogP contribution in [0.5, 0.6) is 0 Å². The van der Waals surface area contributed by atoms with Crippen molar-refractivity contribution in [3.05, 3.63) is 29.6 Å². The van der Waals surface area contributed by atoms with E-state index in [2.05, 4.69) is 12.2 Å². The lowest BCUT2D eigenvalue weighted by Crippen LogP contribution is -2.37. The van der Waals surface area contributed by atoms with Gasteiger partial charge < -0.3 is 10.2 Å². The van der Waals surface area contributed by atoms with E-state index < -0.39 is 23.4 Å². The molecule has 1 aromatic carbocycles. The highest BCUT2D eigenvalue weighted by Gasteiger charge is 2.31. The second kappa shape index (κ2) is 9.05. The highest BCUT2D eigenvalue weighted by Crippen LogP contribution is 2.31. The first-order chi connectivity index (χ1) is 12.3. The van der Waals surface area contributed by atoms with Crippen LogP contribution in [0, 0.1) is 29.3 Å². The van der Waals surface area contributed by atoms with Crippen LogP contribution < -0.4 is 5.32 Å². The van der Waals surface area contributed by atoms with Crippen LogP contribution >= 0.6 is 0 Å². The molecule has 2 rings (SSSR count). The van der Waals surface area contributed by atoms with Gasteiger partial charge in [0, 0.05) is 25.4 Å². The number of benzene rings is 1. The highest BCUT2D eigenvalue weighted by atomic mass is 19.2. The molecule has 2 amide bonds. The SMILES string of the molecule is CCCCN(C)C(=O)C1CCC(C(=O)Nc2ccc(F)c(F)c2F)CC1. The summed E-state index contributed by atoms with van der Waals surface area (Å²) in [7, 11) is 1.79. The molecule has 144 valence electrons. The number of nitrogens with zero attached hydrogens (tertiary/aromatic N) is 1. The van der Waals surface area contributed by atoms with Gasteiger partial charge in [0.05, 0.1) is 5.69 Å². The van der Waals surface area contributed by atoms with E-state index in [0.29, 0.717) is 25.7 Å². The van der Waals surface area contributed by atoms with E-state index >= 15 is 0 Å². The summed E-state index contributed by atoms with van der Waals surface area (Å²) in [5.41, 5.74) is -0.369. The lowest BCUT2D eigenvalue weighted by atomic mass is 9.81. The minimum Gasteiger partial charge on any atom is -0.346 e. The van der Waals surface area contributed by atoms with Crippen molar-refractivity contribution >= 4 is 17.5 Å². The molecule has 1 aliphatic carbocycles. The Hall–Kier alpha value is -2.05. The van der Waals surface area contributed by atoms with Crippen molar-refractivity contribution in [2.24, 2.45) is 11.8 Å². The summed E-state index contributed by atoms with van der Waals surface area (Å²) in [5, 5.41) is 2.33. The number of rotatable bonds is 6. The minimum absolute atomic E-state index is 0.0964. The number of carbonyl (C=O) groups is 2. The van der Waals surface area contributed by atoms with Crippen LogP contribution in [0.3, 0.4) is 0 Å². The molecule has 0 aromatic heterocycles. The van der Waals surface area contributed by atoms with Gasteiger partial charge in [0.2, 0.25) is 11.8 Å². The number of amides is 2. The normalized spacial score (nSPS) is 19.9. The van der Waals surface area contributed by atoms with Crippen LogP contribution in [0.15, 0.2) is 12.1 Å². The van der Waals surface area contributed by atoms with E-state index in [4.69, 9.17) is 0 Å². The van der Waals surface area contributed by atoms with Gasteiger partial charge in [0.1, 0.15) is 0 Å². The maximum absolute atomic E-state index is 13.7. The molecule has 0 unspecified atom stereocenters. The monoisotopic (exact) mass is 370 g/mol. The molecular formula is C19H25F3N2O2. The van der Waals surface area contributed by atoms with Crippen molar-refractivity contribution in [2.45, 2.75) is 45.4 Å². The zero-order chi connectivity index (χ0) is 19.3. The Balaban J connectivity index is 1.88. The van der Waals surface area contributed by atoms with Gasteiger partial charge in [-0.3, -0.25) is 9.59 Å². The third-order valence-electron chi connectivity index (χ3n) is 4.96. The molecule has 0 heterocycles. The van der Waals surface area contributed by atoms with Gasteiger partial charge in [-0.2, -0.15) is 0 Å². The summed E-state index contributed by atoms with van der Waals surface area (Å²) in [4.78, 5) is 26.4. The quantitative estimate of drug-likeness (QED) is 0.766. The molecule has 1 saturated carbocycles. The number of carbonyl (C=O) groups excluding carboxylic acids is 2. The number of anilines is 1. The number of hydrogen-bond donors (Lipinski definition) is 1. The first-order valence-corrected chi connectivity index (χ1v) is 9.04. The second-order valence-corrected chi connectivity index (χ2v) is 6.87. The lowest BCUT2D eigenvalue weighted by Gasteiger charge is -2.30. The van der Waals surface area contributed by atoms with E-state index in [1.165, 1.54) is 0 Å². The number of nitrogens with one attached hydrogen (secondary N) is 1. The predicted molar refractivity (Wildman–Crippen MR) is 92.9 cm³/mol. The van der Waals surface area contributed by atoms with Crippen LogP contribution in [-0.4, -0.2) is 30.3 Å². The van der Waals surface area contributed by atoms with E-state index in [1.807, 2.05) is 0 Å². The highest BCUT2D eigenvalue weighted by molar-refractivity contribution is 5.93. The molecule has 0 radical (unpaired) electrons. The van der Waals surface area contributed by atoms with Crippen LogP contribution in [0.4, 0.5) is 18.9 Å². The van der Waals surface area contributed by atoms with Gasteiger partial charge in [-0.15, -0.1) is 0 Å². The van der Waals surface area contributed by atoms with Gasteiger partial charge in [-0.1, -0.05) is 13.3 Å². The fourth-order valence-electron chi connectivity index (χ4n) is 3.28. The van der Waals surface area contributed by atoms with Crippen molar-refractivity contribution in [1.29, 1.82) is 0 Å². The molecule has 1 aliphatic rings. The minimum atomic E-state index is -1.60. The van der Waals surface area contributed by atoms with Gasteiger partial charge in [0.25, 0.3) is 0 Å². The van der Waals surface area contributed by atoms with Crippen molar-refractivity contribution in [3.8, 4) is 0 Å². The molecule has 4 nitrogen and oxygen atoms in total. The summed E-state index contributed by atoms with van der Waals surface area (Å²) in [6, 6.07) is 1.78. The summed E-state index contributed by atoms with van der Waals surface area (Å²) in [6.45, 7) is 2.79. The number of halogens is 3. The average molecular weight is 370 g/mol. The van der Waals surface area contributed by atoms with Gasteiger partial charge in [-0.05, 0) is 44.2 Å². The fourth-order valence-corrected chi connectivity index (χ4v) is 3.28. The first kappa shape index (κ1) is 20.3. The molecule has 7 heteroatoms. The Kier molecular flexibility index (Phi) is 7.06. The zero-order valence-corrected chi connectivity index (χ0v) is 15.2. The first-order valence-electron chi connectivity index (χ1n) is 9.04. The summed E-state index contributed by atoms with van der Waals surface area (Å²) >= 11 is 0. The van der Waals surface area contributed by atoms with Crippen molar-refractivity contribution in [3.63, 3.8) is 0 Å². The third-order valence-corrected chi connectivity index (χ3v) is 4.96. The molecule has 0 saturated heterocycles. The summed E-state index contributed by atoms with van der Waals surface area (Å²) in [6.07, 6.45) is 4.18. The van der Waals surface area contributed by atoms with E-state index in [-0.39, 0.29) is 23.4 Å². The molecule has 1 aromatic rings. The van der Waals surface area contributed by atoms with Crippen LogP contribution in [0.25, 0.3) is 0 Å². The topological polar surface area (TPSA) is 49.4 Å². The third kappa shape index (κ3) is 4.77. The largest absolute Gasteiger partial charge is 0.346 e. The summed E-state index contributed by atoms with van der Waals surface area (Å²) in [5.74, 6) is -5.10. The maximum atomic E-state index is 13.7. The Morgan fingerprint density at radius 1 is 1.08 bits per heavy atom. The van der Waals surface area contributed by atoms with E-state index in [9.17, 15) is 22.8 Å². The molecule has 0 spiro atoms. The van der Waals surface area contributed by atoms with Crippen LogP contribution in [-0.2, 0) is 9.59 Å². The van der Waals surface area contributed by atoms with Crippen molar-refractivity contribution in [1.82, 2.24) is 4.90 Å². The Labute approximate surface area is 151 Å².